The Bertz CT molecular complexity index is 751. The Morgan fingerprint density at radius 1 is 1.24 bits per heavy atom. The zero-order chi connectivity index (χ0) is 22.4. The number of hydrogen-bond acceptors (Lipinski definition) is 7. The number of halogens is 2. The van der Waals surface area contributed by atoms with Crippen LogP contribution in [0.1, 0.15) is 46.4 Å². The molecule has 0 fully saturated rings. The molecule has 29 heavy (non-hydrogen) atoms. The SMILES string of the molecule is CC(=O)OC(c1c(F)cccc1NC(=O)OC(C)Cl)N(C)CC(=O)OC(C)(C)C. The van der Waals surface area contributed by atoms with Crippen LogP contribution in [0.15, 0.2) is 18.2 Å². The normalized spacial score (nSPS) is 13.4. The molecule has 1 N–H and O–H groups in total. The molecule has 0 aliphatic rings. The van der Waals surface area contributed by atoms with E-state index in [1.165, 1.54) is 31.0 Å². The first-order chi connectivity index (χ1) is 13.3. The second-order valence-corrected chi connectivity index (χ2v) is 7.85. The zero-order valence-corrected chi connectivity index (χ0v) is 18.0. The molecule has 162 valence electrons. The van der Waals surface area contributed by atoms with Gasteiger partial charge >= 0.3 is 18.0 Å². The molecule has 0 saturated heterocycles. The van der Waals surface area contributed by atoms with Gasteiger partial charge in [-0.25, -0.2) is 9.18 Å². The van der Waals surface area contributed by atoms with E-state index in [9.17, 15) is 18.8 Å². The van der Waals surface area contributed by atoms with Crippen LogP contribution < -0.4 is 5.32 Å². The standard InChI is InChI=1S/C19H26ClFN2O6/c1-11(20)27-18(26)22-14-9-7-8-13(21)16(14)17(28-12(2)24)23(6)10-15(25)29-19(3,4)5/h7-9,11,17H,10H2,1-6H3,(H,22,26). The van der Waals surface area contributed by atoms with Gasteiger partial charge in [0, 0.05) is 6.92 Å². The lowest BCUT2D eigenvalue weighted by Gasteiger charge is -2.30. The van der Waals surface area contributed by atoms with Gasteiger partial charge in [-0.15, -0.1) is 0 Å². The molecule has 8 nitrogen and oxygen atoms in total. The molecular weight excluding hydrogens is 407 g/mol. The fraction of sp³-hybridized carbons (Fsp3) is 0.526. The molecule has 0 bridgehead atoms. The summed E-state index contributed by atoms with van der Waals surface area (Å²) in [6, 6.07) is 3.89. The van der Waals surface area contributed by atoms with E-state index in [-0.39, 0.29) is 17.8 Å². The molecule has 0 spiro atoms. The van der Waals surface area contributed by atoms with E-state index in [1.54, 1.807) is 20.8 Å². The first kappa shape index (κ1) is 24.6. The summed E-state index contributed by atoms with van der Waals surface area (Å²) in [7, 11) is 1.45. The Hall–Kier alpha value is -2.39. The van der Waals surface area contributed by atoms with Gasteiger partial charge in [-0.05, 0) is 46.9 Å². The minimum absolute atomic E-state index is 0.00500. The number of nitrogens with one attached hydrogen (secondary N) is 1. The molecule has 1 aromatic rings. The molecule has 2 unspecified atom stereocenters. The van der Waals surface area contributed by atoms with Crippen molar-refractivity contribution in [1.29, 1.82) is 0 Å². The fourth-order valence-electron chi connectivity index (χ4n) is 2.37. The van der Waals surface area contributed by atoms with Crippen molar-refractivity contribution in [2.24, 2.45) is 0 Å². The van der Waals surface area contributed by atoms with Crippen molar-refractivity contribution < 1.29 is 33.0 Å². The second-order valence-electron chi connectivity index (χ2n) is 7.24. The molecule has 10 heteroatoms. The van der Waals surface area contributed by atoms with Crippen molar-refractivity contribution in [2.45, 2.75) is 52.0 Å². The van der Waals surface area contributed by atoms with E-state index in [1.807, 2.05) is 0 Å². The summed E-state index contributed by atoms with van der Waals surface area (Å²) in [5.74, 6) is -2.07. The Balaban J connectivity index is 3.21. The van der Waals surface area contributed by atoms with Gasteiger partial charge in [-0.1, -0.05) is 17.7 Å². The largest absolute Gasteiger partial charge is 0.459 e. The van der Waals surface area contributed by atoms with Gasteiger partial charge in [-0.2, -0.15) is 0 Å². The lowest BCUT2D eigenvalue weighted by atomic mass is 10.1. The van der Waals surface area contributed by atoms with Gasteiger partial charge in [0.05, 0.1) is 17.8 Å². The molecule has 0 heterocycles. The summed E-state index contributed by atoms with van der Waals surface area (Å²) >= 11 is 5.62. The monoisotopic (exact) mass is 432 g/mol. The first-order valence-corrected chi connectivity index (χ1v) is 9.23. The minimum atomic E-state index is -1.31. The third-order valence-electron chi connectivity index (χ3n) is 3.28. The van der Waals surface area contributed by atoms with Crippen LogP contribution >= 0.6 is 11.6 Å². The zero-order valence-electron chi connectivity index (χ0n) is 17.2. The molecule has 1 rings (SSSR count). The van der Waals surface area contributed by atoms with Crippen LogP contribution in [0, 0.1) is 5.82 Å². The lowest BCUT2D eigenvalue weighted by molar-refractivity contribution is -0.167. The summed E-state index contributed by atoms with van der Waals surface area (Å²) in [6.07, 6.45) is -2.24. The summed E-state index contributed by atoms with van der Waals surface area (Å²) in [5.41, 5.74) is -1.80. The smallest absolute Gasteiger partial charge is 0.413 e. The Morgan fingerprint density at radius 2 is 1.86 bits per heavy atom. The van der Waals surface area contributed by atoms with Crippen LogP contribution in [0.5, 0.6) is 0 Å². The quantitative estimate of drug-likeness (QED) is 0.303. The van der Waals surface area contributed by atoms with Crippen molar-refractivity contribution in [3.63, 3.8) is 0 Å². The third kappa shape index (κ3) is 8.66. The number of likely N-dealkylation sites (N-methyl/N-ethyl adjacent to an activating group) is 1. The van der Waals surface area contributed by atoms with Crippen molar-refractivity contribution in [3.05, 3.63) is 29.6 Å². The number of carbonyl (C=O) groups excluding carboxylic acids is 3. The van der Waals surface area contributed by atoms with Crippen LogP contribution in [0.2, 0.25) is 0 Å². The lowest BCUT2D eigenvalue weighted by Crippen LogP contribution is -2.37. The number of amides is 1. The van der Waals surface area contributed by atoms with Crippen molar-refractivity contribution in [3.8, 4) is 0 Å². The van der Waals surface area contributed by atoms with E-state index >= 15 is 0 Å². The van der Waals surface area contributed by atoms with E-state index in [2.05, 4.69) is 5.32 Å². The number of esters is 2. The fourth-order valence-corrected chi connectivity index (χ4v) is 2.45. The predicted octanol–water partition coefficient (Wildman–Crippen LogP) is 3.79. The van der Waals surface area contributed by atoms with Crippen LogP contribution in [0.25, 0.3) is 0 Å². The topological polar surface area (TPSA) is 94.2 Å². The van der Waals surface area contributed by atoms with Gasteiger partial charge in [0.15, 0.2) is 11.8 Å². The van der Waals surface area contributed by atoms with E-state index in [4.69, 9.17) is 25.8 Å². The Labute approximate surface area is 174 Å². The van der Waals surface area contributed by atoms with Crippen molar-refractivity contribution >= 4 is 35.3 Å². The molecule has 0 aliphatic heterocycles. The highest BCUT2D eigenvalue weighted by atomic mass is 35.5. The average molecular weight is 433 g/mol. The minimum Gasteiger partial charge on any atom is -0.459 e. The Morgan fingerprint density at radius 3 is 2.38 bits per heavy atom. The van der Waals surface area contributed by atoms with Crippen molar-refractivity contribution in [1.82, 2.24) is 4.90 Å². The maximum atomic E-state index is 14.7. The molecular formula is C19H26ClFN2O6. The molecule has 2 atom stereocenters. The third-order valence-corrected chi connectivity index (χ3v) is 3.37. The van der Waals surface area contributed by atoms with Gasteiger partial charge in [0.1, 0.15) is 11.4 Å². The maximum Gasteiger partial charge on any atom is 0.413 e. The number of nitrogens with zero attached hydrogens (tertiary/aromatic N) is 1. The maximum absolute atomic E-state index is 14.7. The number of ether oxygens (including phenoxy) is 3. The summed E-state index contributed by atoms with van der Waals surface area (Å²) in [4.78, 5) is 37.0. The van der Waals surface area contributed by atoms with Crippen LogP contribution in [-0.2, 0) is 23.8 Å². The van der Waals surface area contributed by atoms with Gasteiger partial charge in [-0.3, -0.25) is 19.8 Å². The molecule has 0 aromatic heterocycles. The van der Waals surface area contributed by atoms with Gasteiger partial charge < -0.3 is 14.2 Å². The summed E-state index contributed by atoms with van der Waals surface area (Å²) in [6.45, 7) is 7.40. The first-order valence-electron chi connectivity index (χ1n) is 8.79. The average Bonchev–Trinajstić information content (AvgIpc) is 2.50. The van der Waals surface area contributed by atoms with Crippen LogP contribution in [0.3, 0.4) is 0 Å². The predicted molar refractivity (Wildman–Crippen MR) is 105 cm³/mol. The summed E-state index contributed by atoms with van der Waals surface area (Å²) in [5, 5.41) is 2.36. The highest BCUT2D eigenvalue weighted by molar-refractivity contribution is 6.20. The highest BCUT2D eigenvalue weighted by Gasteiger charge is 2.30. The number of rotatable bonds is 7. The highest BCUT2D eigenvalue weighted by Crippen LogP contribution is 2.31. The Kier molecular flexibility index (Phi) is 8.84. The van der Waals surface area contributed by atoms with Gasteiger partial charge in [0.25, 0.3) is 0 Å². The van der Waals surface area contributed by atoms with E-state index in [0.29, 0.717) is 0 Å². The number of alkyl halides is 1. The number of carbonyl (C=O) groups is 3. The van der Waals surface area contributed by atoms with Crippen LogP contribution in [-0.4, -0.2) is 47.7 Å². The number of hydrogen-bond donors (Lipinski definition) is 1. The molecule has 0 radical (unpaired) electrons. The number of benzene rings is 1. The number of anilines is 1. The molecule has 1 amide bonds. The second kappa shape index (κ2) is 10.4. The molecule has 1 aromatic carbocycles. The van der Waals surface area contributed by atoms with E-state index < -0.39 is 41.2 Å². The van der Waals surface area contributed by atoms with Gasteiger partial charge in [0.2, 0.25) is 0 Å². The van der Waals surface area contributed by atoms with Crippen LogP contribution in [0.4, 0.5) is 14.9 Å². The van der Waals surface area contributed by atoms with Crippen molar-refractivity contribution in [2.75, 3.05) is 18.9 Å². The summed E-state index contributed by atoms with van der Waals surface area (Å²) < 4.78 is 30.0. The molecule has 0 aliphatic carbocycles. The molecule has 0 saturated carbocycles. The van der Waals surface area contributed by atoms with E-state index in [0.717, 1.165) is 13.0 Å².